The van der Waals surface area contributed by atoms with E-state index < -0.39 is 0 Å². The molecule has 3 nitrogen and oxygen atoms in total. The lowest BCUT2D eigenvalue weighted by Gasteiger charge is -2.27. The minimum atomic E-state index is -0.227. The number of carbonyl (C=O) groups is 1. The highest BCUT2D eigenvalue weighted by Gasteiger charge is 2.22. The van der Waals surface area contributed by atoms with Gasteiger partial charge in [-0.05, 0) is 25.8 Å². The molecule has 0 heterocycles. The third-order valence-corrected chi connectivity index (χ3v) is 2.73. The summed E-state index contributed by atoms with van der Waals surface area (Å²) in [6.45, 7) is 2.42. The van der Waals surface area contributed by atoms with Crippen molar-refractivity contribution in [2.75, 3.05) is 6.54 Å². The van der Waals surface area contributed by atoms with Gasteiger partial charge in [-0.25, -0.2) is 0 Å². The van der Waals surface area contributed by atoms with Crippen molar-refractivity contribution >= 4 is 5.91 Å². The summed E-state index contributed by atoms with van der Waals surface area (Å²) in [4.78, 5) is 11.1. The summed E-state index contributed by atoms with van der Waals surface area (Å²) in [5.74, 6) is 0.184. The van der Waals surface area contributed by atoms with Crippen molar-refractivity contribution < 1.29 is 9.90 Å². The zero-order valence-electron chi connectivity index (χ0n) is 8.70. The van der Waals surface area contributed by atoms with E-state index >= 15 is 0 Å². The van der Waals surface area contributed by atoms with Gasteiger partial charge < -0.3 is 10.4 Å². The molecule has 80 valence electrons. The molecule has 0 bridgehead atoms. The van der Waals surface area contributed by atoms with Gasteiger partial charge in [0.05, 0.1) is 6.10 Å². The van der Waals surface area contributed by atoms with E-state index in [0.717, 1.165) is 19.3 Å². The second-order valence-electron chi connectivity index (χ2n) is 3.86. The van der Waals surface area contributed by atoms with Crippen LogP contribution < -0.4 is 5.32 Å². The van der Waals surface area contributed by atoms with Crippen molar-refractivity contribution in [3.8, 4) is 0 Å². The van der Waals surface area contributed by atoms with E-state index in [0.29, 0.717) is 6.54 Å². The van der Waals surface area contributed by atoms with Crippen LogP contribution in [0.25, 0.3) is 0 Å². The van der Waals surface area contributed by atoms with E-state index in [-0.39, 0.29) is 17.9 Å². The van der Waals surface area contributed by atoms with Crippen LogP contribution in [0.2, 0.25) is 0 Å². The number of allylic oxidation sites excluding steroid dienone is 1. The molecule has 0 saturated heterocycles. The molecule has 2 N–H and O–H groups in total. The Labute approximate surface area is 85.2 Å². The number of rotatable bonds is 3. The number of amides is 1. The first kappa shape index (κ1) is 11.2. The van der Waals surface area contributed by atoms with Gasteiger partial charge in [-0.1, -0.05) is 18.9 Å². The molecule has 14 heavy (non-hydrogen) atoms. The van der Waals surface area contributed by atoms with Crippen LogP contribution in [0.1, 0.15) is 32.6 Å². The second kappa shape index (κ2) is 5.81. The fourth-order valence-corrected chi connectivity index (χ4v) is 1.87. The van der Waals surface area contributed by atoms with E-state index in [9.17, 15) is 9.90 Å². The summed E-state index contributed by atoms with van der Waals surface area (Å²) in [5.41, 5.74) is 0. The molecule has 2 atom stereocenters. The van der Waals surface area contributed by atoms with E-state index in [4.69, 9.17) is 0 Å². The minimum absolute atomic E-state index is 0.0646. The third kappa shape index (κ3) is 3.50. The van der Waals surface area contributed by atoms with Gasteiger partial charge in [0.2, 0.25) is 5.91 Å². The monoisotopic (exact) mass is 197 g/mol. The number of nitrogens with one attached hydrogen (secondary N) is 1. The first-order valence-corrected chi connectivity index (χ1v) is 5.32. The van der Waals surface area contributed by atoms with Gasteiger partial charge in [-0.15, -0.1) is 0 Å². The zero-order chi connectivity index (χ0) is 10.4. The summed E-state index contributed by atoms with van der Waals surface area (Å²) in [6, 6.07) is 0. The highest BCUT2D eigenvalue weighted by Crippen LogP contribution is 2.23. The molecule has 0 radical (unpaired) electrons. The fourth-order valence-electron chi connectivity index (χ4n) is 1.87. The zero-order valence-corrected chi connectivity index (χ0v) is 8.70. The van der Waals surface area contributed by atoms with Crippen molar-refractivity contribution in [1.29, 1.82) is 0 Å². The fraction of sp³-hybridized carbons (Fsp3) is 0.727. The molecule has 3 heteroatoms. The number of aliphatic hydroxyl groups excluding tert-OH is 1. The number of hydrogen-bond donors (Lipinski definition) is 2. The summed E-state index contributed by atoms with van der Waals surface area (Å²) in [5, 5.41) is 12.4. The van der Waals surface area contributed by atoms with E-state index in [1.54, 1.807) is 6.08 Å². The predicted molar refractivity (Wildman–Crippen MR) is 55.8 cm³/mol. The third-order valence-electron chi connectivity index (χ3n) is 2.73. The Bertz CT molecular complexity index is 213. The molecule has 1 saturated carbocycles. The lowest BCUT2D eigenvalue weighted by molar-refractivity contribution is -0.116. The molecule has 1 aliphatic carbocycles. The van der Waals surface area contributed by atoms with Gasteiger partial charge in [0, 0.05) is 12.5 Å². The average molecular weight is 197 g/mol. The predicted octanol–water partition coefficient (Wildman–Crippen LogP) is 1.23. The lowest BCUT2D eigenvalue weighted by atomic mass is 9.86. The Morgan fingerprint density at radius 1 is 1.50 bits per heavy atom. The highest BCUT2D eigenvalue weighted by molar-refractivity contribution is 5.87. The van der Waals surface area contributed by atoms with Gasteiger partial charge in [-0.3, -0.25) is 4.79 Å². The molecule has 1 fully saturated rings. The van der Waals surface area contributed by atoms with E-state index in [1.165, 1.54) is 12.5 Å². The maximum Gasteiger partial charge on any atom is 0.243 e. The molecule has 0 aromatic rings. The smallest absolute Gasteiger partial charge is 0.243 e. The molecule has 1 amide bonds. The number of hydrogen-bond acceptors (Lipinski definition) is 2. The molecule has 0 aromatic heterocycles. The van der Waals surface area contributed by atoms with E-state index in [2.05, 4.69) is 5.32 Å². The van der Waals surface area contributed by atoms with Crippen LogP contribution in [0, 0.1) is 5.92 Å². The molecular weight excluding hydrogens is 178 g/mol. The Kier molecular flexibility index (Phi) is 4.66. The maximum absolute atomic E-state index is 11.1. The lowest BCUT2D eigenvalue weighted by Crippen LogP contribution is -2.36. The van der Waals surface area contributed by atoms with Crippen molar-refractivity contribution in [2.45, 2.75) is 38.7 Å². The Morgan fingerprint density at radius 3 is 2.86 bits per heavy atom. The van der Waals surface area contributed by atoms with Gasteiger partial charge in [0.1, 0.15) is 0 Å². The average Bonchev–Trinajstić information content (AvgIpc) is 2.17. The van der Waals surface area contributed by atoms with Crippen LogP contribution in [-0.4, -0.2) is 23.7 Å². The number of aliphatic hydroxyl groups is 1. The maximum atomic E-state index is 11.1. The Hall–Kier alpha value is -0.830. The molecule has 0 aromatic carbocycles. The van der Waals surface area contributed by atoms with Gasteiger partial charge >= 0.3 is 0 Å². The van der Waals surface area contributed by atoms with Crippen LogP contribution in [0.5, 0.6) is 0 Å². The van der Waals surface area contributed by atoms with Crippen molar-refractivity contribution in [3.63, 3.8) is 0 Å². The SMILES string of the molecule is CC=CC(=O)NCC1CCCCC1O. The van der Waals surface area contributed by atoms with Crippen LogP contribution in [0.4, 0.5) is 0 Å². The van der Waals surface area contributed by atoms with Gasteiger partial charge in [0.15, 0.2) is 0 Å². The van der Waals surface area contributed by atoms with E-state index in [1.807, 2.05) is 6.92 Å². The number of carbonyl (C=O) groups excluding carboxylic acids is 1. The second-order valence-corrected chi connectivity index (χ2v) is 3.86. The largest absolute Gasteiger partial charge is 0.393 e. The van der Waals surface area contributed by atoms with Crippen LogP contribution in [0.15, 0.2) is 12.2 Å². The molecule has 1 aliphatic rings. The summed E-state index contributed by atoms with van der Waals surface area (Å²) < 4.78 is 0. The molecular formula is C11H19NO2. The van der Waals surface area contributed by atoms with Crippen molar-refractivity contribution in [1.82, 2.24) is 5.32 Å². The Morgan fingerprint density at radius 2 is 2.21 bits per heavy atom. The minimum Gasteiger partial charge on any atom is -0.393 e. The van der Waals surface area contributed by atoms with Crippen LogP contribution in [0.3, 0.4) is 0 Å². The topological polar surface area (TPSA) is 49.3 Å². The normalized spacial score (nSPS) is 27.9. The summed E-state index contributed by atoms with van der Waals surface area (Å²) in [7, 11) is 0. The molecule has 0 aliphatic heterocycles. The first-order chi connectivity index (χ1) is 6.74. The molecule has 2 unspecified atom stereocenters. The summed E-state index contributed by atoms with van der Waals surface area (Å²) in [6.07, 6.45) is 7.18. The molecule has 0 spiro atoms. The molecule has 1 rings (SSSR count). The summed E-state index contributed by atoms with van der Waals surface area (Å²) >= 11 is 0. The van der Waals surface area contributed by atoms with Gasteiger partial charge in [0.25, 0.3) is 0 Å². The highest BCUT2D eigenvalue weighted by atomic mass is 16.3. The first-order valence-electron chi connectivity index (χ1n) is 5.32. The van der Waals surface area contributed by atoms with Crippen molar-refractivity contribution in [2.24, 2.45) is 5.92 Å². The quantitative estimate of drug-likeness (QED) is 0.668. The van der Waals surface area contributed by atoms with Crippen molar-refractivity contribution in [3.05, 3.63) is 12.2 Å². The van der Waals surface area contributed by atoms with Gasteiger partial charge in [-0.2, -0.15) is 0 Å². The van der Waals surface area contributed by atoms with Crippen LogP contribution in [-0.2, 0) is 4.79 Å². The Balaban J connectivity index is 2.25. The standard InChI is InChI=1S/C11H19NO2/c1-2-5-11(14)12-8-9-6-3-4-7-10(9)13/h2,5,9-10,13H,3-4,6-8H2,1H3,(H,12,14). The van der Waals surface area contributed by atoms with Crippen LogP contribution >= 0.6 is 0 Å².